The topological polar surface area (TPSA) is 77.9 Å². The molecule has 6 heteroatoms. The number of para-hydroxylation sites is 1. The first kappa shape index (κ1) is 20.6. The standard InChI is InChI=1S/C23H26N2O4/c1-16-11-17(2)13-19(12-16)22(28)24-10-6-7-18(14-24)23(29)25(15-21(26)27)20-8-4-3-5-9-20/h3-5,8-9,11-13,18H,6-7,10,14-15H2,1-2H3,(H,26,27). The van der Waals surface area contributed by atoms with Crippen molar-refractivity contribution in [2.45, 2.75) is 26.7 Å². The number of carboxylic acids is 1. The summed E-state index contributed by atoms with van der Waals surface area (Å²) in [5, 5.41) is 9.27. The molecule has 0 aromatic heterocycles. The molecule has 0 spiro atoms. The summed E-state index contributed by atoms with van der Waals surface area (Å²) in [6.45, 7) is 4.41. The van der Waals surface area contributed by atoms with Gasteiger partial charge in [-0.15, -0.1) is 0 Å². The second-order valence-corrected chi connectivity index (χ2v) is 7.62. The van der Waals surface area contributed by atoms with E-state index in [9.17, 15) is 19.5 Å². The summed E-state index contributed by atoms with van der Waals surface area (Å²) >= 11 is 0. The SMILES string of the molecule is Cc1cc(C)cc(C(=O)N2CCCC(C(=O)N(CC(=O)O)c3ccccc3)C2)c1. The van der Waals surface area contributed by atoms with E-state index in [0.717, 1.165) is 11.1 Å². The van der Waals surface area contributed by atoms with Crippen LogP contribution in [0.25, 0.3) is 0 Å². The number of anilines is 1. The Balaban J connectivity index is 1.78. The van der Waals surface area contributed by atoms with Crippen LogP contribution in [-0.4, -0.2) is 47.4 Å². The normalized spacial score (nSPS) is 16.3. The highest BCUT2D eigenvalue weighted by molar-refractivity contribution is 6.00. The number of amides is 2. The van der Waals surface area contributed by atoms with E-state index < -0.39 is 18.4 Å². The molecule has 0 aliphatic carbocycles. The monoisotopic (exact) mass is 394 g/mol. The zero-order chi connectivity index (χ0) is 21.0. The Labute approximate surface area is 170 Å². The molecule has 3 rings (SSSR count). The number of carbonyl (C=O) groups excluding carboxylic acids is 2. The summed E-state index contributed by atoms with van der Waals surface area (Å²) in [6.07, 6.45) is 1.35. The van der Waals surface area contributed by atoms with Gasteiger partial charge in [0.25, 0.3) is 5.91 Å². The Morgan fingerprint density at radius 1 is 1.07 bits per heavy atom. The van der Waals surface area contributed by atoms with Gasteiger partial charge < -0.3 is 14.9 Å². The lowest BCUT2D eigenvalue weighted by Crippen LogP contribution is -2.48. The molecule has 1 saturated heterocycles. The third-order valence-electron chi connectivity index (χ3n) is 5.15. The maximum atomic E-state index is 13.2. The minimum atomic E-state index is -1.07. The second kappa shape index (κ2) is 8.90. The van der Waals surface area contributed by atoms with Gasteiger partial charge in [0, 0.05) is 24.3 Å². The lowest BCUT2D eigenvalue weighted by atomic mass is 9.95. The summed E-state index contributed by atoms with van der Waals surface area (Å²) in [5.74, 6) is -1.82. The smallest absolute Gasteiger partial charge is 0.323 e. The largest absolute Gasteiger partial charge is 0.480 e. The summed E-state index contributed by atoms with van der Waals surface area (Å²) in [7, 11) is 0. The molecule has 0 saturated carbocycles. The fraction of sp³-hybridized carbons (Fsp3) is 0.348. The van der Waals surface area contributed by atoms with E-state index in [0.29, 0.717) is 37.2 Å². The molecule has 1 aliphatic rings. The van der Waals surface area contributed by atoms with Gasteiger partial charge in [-0.2, -0.15) is 0 Å². The van der Waals surface area contributed by atoms with Gasteiger partial charge in [-0.1, -0.05) is 35.4 Å². The Hall–Kier alpha value is -3.15. The first-order chi connectivity index (χ1) is 13.8. The van der Waals surface area contributed by atoms with Gasteiger partial charge in [0.15, 0.2) is 0 Å². The van der Waals surface area contributed by atoms with Crippen LogP contribution in [0.15, 0.2) is 48.5 Å². The Kier molecular flexibility index (Phi) is 6.32. The van der Waals surface area contributed by atoms with Gasteiger partial charge in [-0.05, 0) is 51.0 Å². The van der Waals surface area contributed by atoms with Crippen molar-refractivity contribution in [2.75, 3.05) is 24.5 Å². The lowest BCUT2D eigenvalue weighted by Gasteiger charge is -2.34. The Bertz CT molecular complexity index is 890. The molecule has 29 heavy (non-hydrogen) atoms. The molecule has 6 nitrogen and oxygen atoms in total. The Morgan fingerprint density at radius 3 is 2.34 bits per heavy atom. The van der Waals surface area contributed by atoms with Gasteiger partial charge in [0.1, 0.15) is 6.54 Å². The predicted molar refractivity (Wildman–Crippen MR) is 111 cm³/mol. The minimum absolute atomic E-state index is 0.0844. The molecule has 152 valence electrons. The zero-order valence-electron chi connectivity index (χ0n) is 16.8. The van der Waals surface area contributed by atoms with Crippen LogP contribution in [0.3, 0.4) is 0 Å². The van der Waals surface area contributed by atoms with Crippen LogP contribution in [0.2, 0.25) is 0 Å². The average Bonchev–Trinajstić information content (AvgIpc) is 2.71. The van der Waals surface area contributed by atoms with Crippen molar-refractivity contribution in [3.05, 3.63) is 65.2 Å². The van der Waals surface area contributed by atoms with Crippen molar-refractivity contribution in [1.29, 1.82) is 0 Å². The van der Waals surface area contributed by atoms with Crippen LogP contribution in [0.4, 0.5) is 5.69 Å². The molecule has 0 bridgehead atoms. The number of hydrogen-bond acceptors (Lipinski definition) is 3. The highest BCUT2D eigenvalue weighted by Crippen LogP contribution is 2.24. The molecule has 1 unspecified atom stereocenters. The van der Waals surface area contributed by atoms with Crippen molar-refractivity contribution in [3.8, 4) is 0 Å². The summed E-state index contributed by atoms with van der Waals surface area (Å²) < 4.78 is 0. The van der Waals surface area contributed by atoms with Crippen LogP contribution in [0.1, 0.15) is 34.3 Å². The molecule has 1 N–H and O–H groups in total. The molecule has 1 aliphatic heterocycles. The first-order valence-electron chi connectivity index (χ1n) is 9.81. The first-order valence-corrected chi connectivity index (χ1v) is 9.81. The minimum Gasteiger partial charge on any atom is -0.480 e. The maximum absolute atomic E-state index is 13.2. The number of likely N-dealkylation sites (tertiary alicyclic amines) is 1. The van der Waals surface area contributed by atoms with Gasteiger partial charge >= 0.3 is 5.97 Å². The molecule has 2 aromatic rings. The third kappa shape index (κ3) is 5.02. The van der Waals surface area contributed by atoms with Crippen LogP contribution < -0.4 is 4.90 Å². The van der Waals surface area contributed by atoms with Crippen molar-refractivity contribution in [2.24, 2.45) is 5.92 Å². The van der Waals surface area contributed by atoms with Gasteiger partial charge in [0.2, 0.25) is 5.91 Å². The molecule has 1 atom stereocenters. The number of nitrogens with zero attached hydrogens (tertiary/aromatic N) is 2. The molecular formula is C23H26N2O4. The molecule has 1 heterocycles. The summed E-state index contributed by atoms with van der Waals surface area (Å²) in [6, 6.07) is 14.6. The molecular weight excluding hydrogens is 368 g/mol. The van der Waals surface area contributed by atoms with Gasteiger partial charge in [-0.25, -0.2) is 0 Å². The van der Waals surface area contributed by atoms with Crippen molar-refractivity contribution < 1.29 is 19.5 Å². The van der Waals surface area contributed by atoms with E-state index in [1.165, 1.54) is 4.90 Å². The highest BCUT2D eigenvalue weighted by Gasteiger charge is 2.33. The lowest BCUT2D eigenvalue weighted by molar-refractivity contribution is -0.137. The van der Waals surface area contributed by atoms with E-state index in [4.69, 9.17) is 0 Å². The predicted octanol–water partition coefficient (Wildman–Crippen LogP) is 3.27. The van der Waals surface area contributed by atoms with Crippen molar-refractivity contribution >= 4 is 23.5 Å². The molecule has 0 radical (unpaired) electrons. The maximum Gasteiger partial charge on any atom is 0.323 e. The van der Waals surface area contributed by atoms with Crippen molar-refractivity contribution in [1.82, 2.24) is 4.90 Å². The number of rotatable bonds is 5. The van der Waals surface area contributed by atoms with Crippen LogP contribution in [-0.2, 0) is 9.59 Å². The van der Waals surface area contributed by atoms with E-state index >= 15 is 0 Å². The highest BCUT2D eigenvalue weighted by atomic mass is 16.4. The van der Waals surface area contributed by atoms with E-state index in [-0.39, 0.29) is 11.8 Å². The molecule has 1 fully saturated rings. The number of aryl methyl sites for hydroxylation is 2. The average molecular weight is 394 g/mol. The van der Waals surface area contributed by atoms with Crippen LogP contribution in [0.5, 0.6) is 0 Å². The third-order valence-corrected chi connectivity index (χ3v) is 5.15. The fourth-order valence-corrected chi connectivity index (χ4v) is 3.90. The van der Waals surface area contributed by atoms with Crippen LogP contribution >= 0.6 is 0 Å². The van der Waals surface area contributed by atoms with Crippen molar-refractivity contribution in [3.63, 3.8) is 0 Å². The van der Waals surface area contributed by atoms with Crippen LogP contribution in [0, 0.1) is 19.8 Å². The molecule has 2 aromatic carbocycles. The number of aliphatic carboxylic acids is 1. The van der Waals surface area contributed by atoms with Gasteiger partial charge in [-0.3, -0.25) is 14.4 Å². The number of benzene rings is 2. The fourth-order valence-electron chi connectivity index (χ4n) is 3.90. The summed E-state index contributed by atoms with van der Waals surface area (Å²) in [4.78, 5) is 40.5. The van der Waals surface area contributed by atoms with Gasteiger partial charge in [0.05, 0.1) is 5.92 Å². The zero-order valence-corrected chi connectivity index (χ0v) is 16.8. The number of piperidine rings is 1. The summed E-state index contributed by atoms with van der Waals surface area (Å²) in [5.41, 5.74) is 3.23. The number of carboxylic acid groups (broad SMARTS) is 1. The Morgan fingerprint density at radius 2 is 1.72 bits per heavy atom. The number of carbonyl (C=O) groups is 3. The quantitative estimate of drug-likeness (QED) is 0.844. The van der Waals surface area contributed by atoms with E-state index in [2.05, 4.69) is 0 Å². The second-order valence-electron chi connectivity index (χ2n) is 7.62. The number of hydrogen-bond donors (Lipinski definition) is 1. The van der Waals surface area contributed by atoms with E-state index in [1.54, 1.807) is 29.2 Å². The molecule has 2 amide bonds. The van der Waals surface area contributed by atoms with E-state index in [1.807, 2.05) is 38.1 Å².